The molecule has 1 aliphatic carbocycles. The normalized spacial score (nSPS) is 19.3. The molecule has 2 nitrogen and oxygen atoms in total. The first-order valence-corrected chi connectivity index (χ1v) is 5.99. The van der Waals surface area contributed by atoms with Gasteiger partial charge in [-0.2, -0.15) is 0 Å². The van der Waals surface area contributed by atoms with E-state index in [2.05, 4.69) is 0 Å². The van der Waals surface area contributed by atoms with Gasteiger partial charge in [0.25, 0.3) is 0 Å². The van der Waals surface area contributed by atoms with Gasteiger partial charge in [-0.1, -0.05) is 6.42 Å². The Morgan fingerprint density at radius 3 is 2.50 bits per heavy atom. The molecule has 0 atom stereocenters. The van der Waals surface area contributed by atoms with Crippen molar-refractivity contribution in [2.75, 3.05) is 32.8 Å². The zero-order valence-electron chi connectivity index (χ0n) is 9.06. The van der Waals surface area contributed by atoms with E-state index >= 15 is 0 Å². The molecular weight excluding hydrogens is 200 g/mol. The summed E-state index contributed by atoms with van der Waals surface area (Å²) in [5.74, 6) is 0.824. The van der Waals surface area contributed by atoms with Crippen LogP contribution in [0.5, 0.6) is 0 Å². The summed E-state index contributed by atoms with van der Waals surface area (Å²) in [6.07, 6.45) is 6.35. The molecule has 1 saturated carbocycles. The van der Waals surface area contributed by atoms with Crippen LogP contribution in [0.1, 0.15) is 32.1 Å². The molecule has 1 aliphatic rings. The Kier molecular flexibility index (Phi) is 5.83. The van der Waals surface area contributed by atoms with Crippen molar-refractivity contribution < 1.29 is 9.47 Å². The van der Waals surface area contributed by atoms with Crippen LogP contribution in [0.25, 0.3) is 0 Å². The molecule has 1 rings (SSSR count). The van der Waals surface area contributed by atoms with Gasteiger partial charge in [-0.05, 0) is 31.1 Å². The van der Waals surface area contributed by atoms with Crippen molar-refractivity contribution in [1.82, 2.24) is 0 Å². The summed E-state index contributed by atoms with van der Waals surface area (Å²) in [7, 11) is 1.69. The molecule has 0 amide bonds. The van der Waals surface area contributed by atoms with Crippen molar-refractivity contribution in [2.45, 2.75) is 32.1 Å². The second-order valence-corrected chi connectivity index (χ2v) is 4.46. The summed E-state index contributed by atoms with van der Waals surface area (Å²) in [6, 6.07) is 0. The van der Waals surface area contributed by atoms with E-state index in [1.807, 2.05) is 0 Å². The van der Waals surface area contributed by atoms with Crippen molar-refractivity contribution in [2.24, 2.45) is 5.41 Å². The van der Waals surface area contributed by atoms with E-state index in [-0.39, 0.29) is 0 Å². The van der Waals surface area contributed by atoms with E-state index in [1.54, 1.807) is 7.11 Å². The lowest BCUT2D eigenvalue weighted by Crippen LogP contribution is -2.31. The van der Waals surface area contributed by atoms with Gasteiger partial charge in [-0.15, -0.1) is 11.6 Å². The fourth-order valence-corrected chi connectivity index (χ4v) is 2.32. The molecule has 0 saturated heterocycles. The third-order valence-electron chi connectivity index (χ3n) is 3.13. The Hall–Kier alpha value is 0.210. The second-order valence-electron chi connectivity index (χ2n) is 4.20. The zero-order chi connectivity index (χ0) is 10.3. The van der Waals surface area contributed by atoms with E-state index < -0.39 is 0 Å². The number of methoxy groups -OCH3 is 1. The number of rotatable bonds is 8. The van der Waals surface area contributed by atoms with Gasteiger partial charge in [-0.3, -0.25) is 0 Å². The van der Waals surface area contributed by atoms with E-state index in [9.17, 15) is 0 Å². The molecule has 1 fully saturated rings. The lowest BCUT2D eigenvalue weighted by molar-refractivity contribution is 0.0571. The van der Waals surface area contributed by atoms with Crippen molar-refractivity contribution in [1.29, 1.82) is 0 Å². The van der Waals surface area contributed by atoms with Gasteiger partial charge in [0.2, 0.25) is 0 Å². The highest BCUT2D eigenvalue weighted by atomic mass is 35.5. The summed E-state index contributed by atoms with van der Waals surface area (Å²) < 4.78 is 10.3. The number of hydrogen-bond acceptors (Lipinski definition) is 2. The van der Waals surface area contributed by atoms with Crippen LogP contribution in [0.3, 0.4) is 0 Å². The first-order chi connectivity index (χ1) is 6.83. The Morgan fingerprint density at radius 1 is 1.21 bits per heavy atom. The highest BCUT2D eigenvalue weighted by Crippen LogP contribution is 2.45. The van der Waals surface area contributed by atoms with E-state index in [0.717, 1.165) is 18.9 Å². The highest BCUT2D eigenvalue weighted by Gasteiger charge is 2.35. The van der Waals surface area contributed by atoms with E-state index in [4.69, 9.17) is 21.1 Å². The van der Waals surface area contributed by atoms with Crippen molar-refractivity contribution >= 4 is 11.6 Å². The maximum absolute atomic E-state index is 5.96. The summed E-state index contributed by atoms with van der Waals surface area (Å²) in [5.41, 5.74) is 0.464. The van der Waals surface area contributed by atoms with Gasteiger partial charge < -0.3 is 9.47 Å². The van der Waals surface area contributed by atoms with Crippen LogP contribution in [0.4, 0.5) is 0 Å². The van der Waals surface area contributed by atoms with Gasteiger partial charge in [0.05, 0.1) is 13.2 Å². The molecule has 0 spiro atoms. The number of ether oxygens (including phenoxy) is 2. The minimum absolute atomic E-state index is 0.464. The van der Waals surface area contributed by atoms with Crippen molar-refractivity contribution in [3.8, 4) is 0 Å². The fourth-order valence-electron chi connectivity index (χ4n) is 1.92. The minimum Gasteiger partial charge on any atom is -0.382 e. The minimum atomic E-state index is 0.464. The van der Waals surface area contributed by atoms with Crippen LogP contribution < -0.4 is 0 Å². The number of hydrogen-bond donors (Lipinski definition) is 0. The van der Waals surface area contributed by atoms with Crippen LogP contribution in [-0.4, -0.2) is 32.8 Å². The summed E-state index contributed by atoms with van der Waals surface area (Å²) in [4.78, 5) is 0. The molecule has 0 radical (unpaired) electrons. The first kappa shape index (κ1) is 12.3. The molecule has 84 valence electrons. The Balaban J connectivity index is 1.92. The van der Waals surface area contributed by atoms with Gasteiger partial charge in [0.15, 0.2) is 0 Å². The smallest absolute Gasteiger partial charge is 0.0700 e. The molecule has 0 unspecified atom stereocenters. The monoisotopic (exact) mass is 220 g/mol. The maximum Gasteiger partial charge on any atom is 0.0700 e. The van der Waals surface area contributed by atoms with Crippen LogP contribution in [-0.2, 0) is 9.47 Å². The topological polar surface area (TPSA) is 18.5 Å². The van der Waals surface area contributed by atoms with Gasteiger partial charge >= 0.3 is 0 Å². The lowest BCUT2D eigenvalue weighted by Gasteiger charge is -2.40. The SMILES string of the molecule is COCCOCCCC1(CCl)CCC1. The van der Waals surface area contributed by atoms with Crippen LogP contribution in [0.15, 0.2) is 0 Å². The molecule has 0 aromatic carbocycles. The molecule has 0 N–H and O–H groups in total. The largest absolute Gasteiger partial charge is 0.382 e. The highest BCUT2D eigenvalue weighted by molar-refractivity contribution is 6.18. The third-order valence-corrected chi connectivity index (χ3v) is 3.69. The molecule has 14 heavy (non-hydrogen) atoms. The Bertz CT molecular complexity index is 141. The number of halogens is 1. The maximum atomic E-state index is 5.96. The Morgan fingerprint density at radius 2 is 2.00 bits per heavy atom. The second kappa shape index (κ2) is 6.65. The van der Waals surface area contributed by atoms with Gasteiger partial charge in [0.1, 0.15) is 0 Å². The average Bonchev–Trinajstić information content (AvgIpc) is 2.15. The molecule has 0 aliphatic heterocycles. The zero-order valence-corrected chi connectivity index (χ0v) is 9.81. The molecule has 0 aromatic heterocycles. The summed E-state index contributed by atoms with van der Waals surface area (Å²) in [6.45, 7) is 2.26. The van der Waals surface area contributed by atoms with Crippen molar-refractivity contribution in [3.63, 3.8) is 0 Å². The van der Waals surface area contributed by atoms with Crippen LogP contribution in [0, 0.1) is 5.41 Å². The molecule has 0 bridgehead atoms. The fraction of sp³-hybridized carbons (Fsp3) is 1.00. The quantitative estimate of drug-likeness (QED) is 0.463. The van der Waals surface area contributed by atoms with Crippen molar-refractivity contribution in [3.05, 3.63) is 0 Å². The van der Waals surface area contributed by atoms with Crippen LogP contribution in [0.2, 0.25) is 0 Å². The number of alkyl halides is 1. The van der Waals surface area contributed by atoms with E-state index in [1.165, 1.54) is 25.7 Å². The summed E-state index contributed by atoms with van der Waals surface area (Å²) >= 11 is 5.96. The molecule has 0 aromatic rings. The average molecular weight is 221 g/mol. The standard InChI is InChI=1S/C11H21ClO2/c1-13-8-9-14-7-3-6-11(10-12)4-2-5-11/h2-10H2,1H3. The first-order valence-electron chi connectivity index (χ1n) is 5.46. The van der Waals surface area contributed by atoms with Gasteiger partial charge in [0, 0.05) is 19.6 Å². The van der Waals surface area contributed by atoms with Crippen LogP contribution >= 0.6 is 11.6 Å². The predicted octanol–water partition coefficient (Wildman–Crippen LogP) is 2.84. The molecular formula is C11H21ClO2. The summed E-state index contributed by atoms with van der Waals surface area (Å²) in [5, 5.41) is 0. The molecule has 0 heterocycles. The Labute approximate surface area is 91.9 Å². The van der Waals surface area contributed by atoms with Gasteiger partial charge in [-0.25, -0.2) is 0 Å². The van der Waals surface area contributed by atoms with E-state index in [0.29, 0.717) is 18.6 Å². The predicted molar refractivity (Wildman–Crippen MR) is 58.9 cm³/mol. The lowest BCUT2D eigenvalue weighted by atomic mass is 9.67. The third kappa shape index (κ3) is 3.76. The molecule has 3 heteroatoms.